The summed E-state index contributed by atoms with van der Waals surface area (Å²) in [6.45, 7) is 0. The Morgan fingerprint density at radius 1 is 0.259 bits per heavy atom. The smallest absolute Gasteiger partial charge is 0.145 e. The molecule has 0 spiro atoms. The first kappa shape index (κ1) is 41.0. The Balaban J connectivity index is 1.79. The van der Waals surface area contributed by atoms with Crippen LogP contribution in [0.15, 0.2) is 10.5 Å². The fourth-order valence-electron chi connectivity index (χ4n) is 11.0. The molecule has 0 saturated carbocycles. The van der Waals surface area contributed by atoms with E-state index in [1.54, 1.807) is 0 Å². The molecule has 0 aliphatic heterocycles. The molecule has 1 heterocycles. The van der Waals surface area contributed by atoms with E-state index in [-0.39, 0.29) is 0 Å². The molecule has 2 nitrogen and oxygen atoms in total. The topological polar surface area (TPSA) is 33.4 Å². The summed E-state index contributed by atoms with van der Waals surface area (Å²) in [7, 11) is 45.3. The number of hydrogen-bond acceptors (Lipinski definition) is 2. The molecule has 258 valence electrons. The average molecular weight is 723 g/mol. The predicted octanol–water partition coefficient (Wildman–Crippen LogP) is -24.7. The molecule has 58 heavy (non-hydrogen) atoms. The van der Waals surface area contributed by atoms with Gasteiger partial charge in [-0.15, -0.1) is 38.2 Å². The van der Waals surface area contributed by atoms with Crippen LogP contribution < -0.4 is 109 Å². The van der Waals surface area contributed by atoms with Crippen LogP contribution in [0.2, 0.25) is 0 Å². The lowest BCUT2D eigenvalue weighted by atomic mass is 9.57. The Labute approximate surface area is 362 Å². The summed E-state index contributed by atoms with van der Waals surface area (Å²) >= 11 is 0. The fourth-order valence-corrected chi connectivity index (χ4v) is 11.0. The van der Waals surface area contributed by atoms with E-state index in [1.807, 2.05) is 0 Å². The summed E-state index contributed by atoms with van der Waals surface area (Å²) in [6.07, 6.45) is 0. The molecule has 7 aromatic carbocycles. The van der Waals surface area contributed by atoms with E-state index < -0.39 is 0 Å². The number of phenols is 1. The highest BCUT2D eigenvalue weighted by Crippen LogP contribution is 2.45. The monoisotopic (exact) mass is 727 g/mol. The molecular weight excluding hydrogens is 681 g/mol. The van der Waals surface area contributed by atoms with Crippen LogP contribution in [0.25, 0.3) is 76.5 Å². The van der Waals surface area contributed by atoms with Crippen LogP contribution in [0.1, 0.15) is 0 Å². The van der Waals surface area contributed by atoms with Gasteiger partial charge in [-0.05, 0) is 60.7 Å². The lowest BCUT2D eigenvalue weighted by Gasteiger charge is -2.30. The Morgan fingerprint density at radius 3 is 1.14 bits per heavy atom. The van der Waals surface area contributed by atoms with Crippen molar-refractivity contribution in [3.63, 3.8) is 0 Å². The van der Waals surface area contributed by atoms with E-state index in [0.29, 0.717) is 5.75 Å². The van der Waals surface area contributed by atoms with Crippen molar-refractivity contribution >= 4 is 320 Å². The molecule has 8 rings (SSSR count). The van der Waals surface area contributed by atoms with Gasteiger partial charge < -0.3 is 9.52 Å². The zero-order valence-electron chi connectivity index (χ0n) is 38.9. The Bertz CT molecular complexity index is 3190. The molecule has 0 saturated heterocycles. The van der Waals surface area contributed by atoms with Gasteiger partial charge in [0.25, 0.3) is 0 Å². The van der Waals surface area contributed by atoms with Gasteiger partial charge in [-0.1, -0.05) is 65.6 Å². The molecular formula is C36H42B20O2. The van der Waals surface area contributed by atoms with Crippen molar-refractivity contribution in [1.29, 1.82) is 0 Å². The van der Waals surface area contributed by atoms with Crippen LogP contribution in [0.3, 0.4) is 0 Å². The van der Waals surface area contributed by atoms with Crippen molar-refractivity contribution in [2.45, 2.75) is 0 Å². The first-order valence-corrected chi connectivity index (χ1v) is 21.2. The lowest BCUT2D eigenvalue weighted by Crippen LogP contribution is -2.55. The highest BCUT2D eigenvalue weighted by molar-refractivity contribution is 6.74. The van der Waals surface area contributed by atoms with E-state index in [4.69, 9.17) is 4.42 Å². The van der Waals surface area contributed by atoms with E-state index in [0.717, 1.165) is 43.8 Å². The number of aromatic hydroxyl groups is 1. The SMILES string of the molecule is Bc1c(B)c(B)c(-c2c3c(B)c(B)c(B)c(B)c3c(-c3c(B)c(B)c(B)c4oc5c(B)c6c(B)c(B)c(B)c(B)c6cc5c34)c3c(B)c(B)c(B)c(O)c23)c(B)c1B. The lowest BCUT2D eigenvalue weighted by molar-refractivity contribution is 0.486. The summed E-state index contributed by atoms with van der Waals surface area (Å²) in [4.78, 5) is 0. The minimum absolute atomic E-state index is 0.384. The molecule has 0 aliphatic rings. The van der Waals surface area contributed by atoms with Crippen molar-refractivity contribution in [3.8, 4) is 28.0 Å². The highest BCUT2D eigenvalue weighted by atomic mass is 16.3. The second-order valence-electron chi connectivity index (χ2n) is 18.3. The van der Waals surface area contributed by atoms with E-state index in [1.165, 1.54) is 142 Å². The normalized spacial score (nSPS) is 11.9. The third kappa shape index (κ3) is 5.08. The van der Waals surface area contributed by atoms with E-state index in [2.05, 4.69) is 163 Å². The highest BCUT2D eigenvalue weighted by Gasteiger charge is 2.31. The van der Waals surface area contributed by atoms with Crippen molar-refractivity contribution in [1.82, 2.24) is 0 Å². The second kappa shape index (κ2) is 13.6. The Morgan fingerprint density at radius 2 is 0.621 bits per heavy atom. The van der Waals surface area contributed by atoms with Crippen LogP contribution in [-0.4, -0.2) is 162 Å². The van der Waals surface area contributed by atoms with Gasteiger partial charge in [0.05, 0.1) is 0 Å². The molecule has 1 aromatic heterocycles. The van der Waals surface area contributed by atoms with Gasteiger partial charge in [0.15, 0.2) is 0 Å². The molecule has 0 fully saturated rings. The van der Waals surface area contributed by atoms with Crippen molar-refractivity contribution in [3.05, 3.63) is 6.07 Å². The maximum absolute atomic E-state index is 12.8. The molecule has 0 amide bonds. The number of fused-ring (bicyclic) bond motifs is 6. The van der Waals surface area contributed by atoms with Crippen LogP contribution in [0.5, 0.6) is 5.75 Å². The van der Waals surface area contributed by atoms with Crippen LogP contribution in [0, 0.1) is 0 Å². The fraction of sp³-hybridized carbons (Fsp3) is 0. The molecule has 1 N–H and O–H groups in total. The Hall–Kier alpha value is -3.78. The molecule has 0 bridgehead atoms. The van der Waals surface area contributed by atoms with Crippen molar-refractivity contribution in [2.24, 2.45) is 0 Å². The molecule has 0 unspecified atom stereocenters. The molecule has 0 aliphatic carbocycles. The maximum Gasteiger partial charge on any atom is 0.145 e. The third-order valence-electron chi connectivity index (χ3n) is 16.3. The number of benzene rings is 7. The van der Waals surface area contributed by atoms with Gasteiger partial charge in [0.2, 0.25) is 0 Å². The maximum atomic E-state index is 12.8. The third-order valence-corrected chi connectivity index (χ3v) is 16.3. The summed E-state index contributed by atoms with van der Waals surface area (Å²) in [5.41, 5.74) is 32.1. The largest absolute Gasteiger partial charge is 0.508 e. The van der Waals surface area contributed by atoms with Gasteiger partial charge >= 0.3 is 0 Å². The van der Waals surface area contributed by atoms with E-state index >= 15 is 0 Å². The number of phenolic OH excluding ortho intramolecular Hbond substituents is 1. The quantitative estimate of drug-likeness (QED) is 0.142. The van der Waals surface area contributed by atoms with Crippen LogP contribution in [0.4, 0.5) is 0 Å². The van der Waals surface area contributed by atoms with Gasteiger partial charge in [0, 0.05) is 16.2 Å². The second-order valence-corrected chi connectivity index (χ2v) is 18.3. The van der Waals surface area contributed by atoms with Gasteiger partial charge in [-0.25, -0.2) is 0 Å². The zero-order valence-corrected chi connectivity index (χ0v) is 38.9. The van der Waals surface area contributed by atoms with E-state index in [9.17, 15) is 5.11 Å². The van der Waals surface area contributed by atoms with Crippen molar-refractivity contribution < 1.29 is 9.52 Å². The standard InChI is InChI=1S/C36H42B20O2/c37-14-2-1-3-4-8(16(39)30(53)33(56)36(4)58-35(3)22(45)5(2)15(38)24(47)23(14)46)6-9-10(18(41)26(49)25(48)17(9)40)7(12-11(6)19(42)29(52)32(55)34(12)57)13-20(43)27(50)31(54)28(51)21(13)44/h1,57H,37-56H2. The minimum Gasteiger partial charge on any atom is -0.508 e. The first-order valence-electron chi connectivity index (χ1n) is 21.2. The number of hydrogen-bond donors (Lipinski definition) is 1. The predicted molar refractivity (Wildman–Crippen MR) is 322 cm³/mol. The molecule has 22 heteroatoms. The van der Waals surface area contributed by atoms with Crippen LogP contribution >= 0.6 is 0 Å². The number of furan rings is 1. The minimum atomic E-state index is 0.384. The summed E-state index contributed by atoms with van der Waals surface area (Å²) in [5, 5.41) is 22.4. The van der Waals surface area contributed by atoms with Gasteiger partial charge in [-0.3, -0.25) is 0 Å². The average Bonchev–Trinajstić information content (AvgIpc) is 3.58. The first-order chi connectivity index (χ1) is 27.1. The zero-order chi connectivity index (χ0) is 42.6. The van der Waals surface area contributed by atoms with Crippen molar-refractivity contribution in [2.75, 3.05) is 0 Å². The Kier molecular flexibility index (Phi) is 9.62. The van der Waals surface area contributed by atoms with Gasteiger partial charge in [-0.2, -0.15) is 0 Å². The van der Waals surface area contributed by atoms with Gasteiger partial charge in [0.1, 0.15) is 174 Å². The molecule has 0 radical (unpaired) electrons. The number of rotatable bonds is 2. The summed E-state index contributed by atoms with van der Waals surface area (Å²) in [5.74, 6) is 0.384. The van der Waals surface area contributed by atoms with Crippen LogP contribution in [-0.2, 0) is 0 Å². The molecule has 8 aromatic rings. The summed E-state index contributed by atoms with van der Waals surface area (Å²) in [6, 6.07) is 2.44. The summed E-state index contributed by atoms with van der Waals surface area (Å²) < 4.78 is 7.22. The molecule has 0 atom stereocenters.